The van der Waals surface area contributed by atoms with E-state index >= 15 is 0 Å². The van der Waals surface area contributed by atoms with E-state index in [0.29, 0.717) is 17.1 Å². The Kier molecular flexibility index (Phi) is 9.09. The number of rotatable bonds is 7. The molecule has 1 aromatic rings. The lowest BCUT2D eigenvalue weighted by Gasteiger charge is -2.28. The highest BCUT2D eigenvalue weighted by Crippen LogP contribution is 2.32. The van der Waals surface area contributed by atoms with Crippen LogP contribution in [0.1, 0.15) is 25.8 Å². The van der Waals surface area contributed by atoms with Crippen LogP contribution in [-0.2, 0) is 24.5 Å². The highest BCUT2D eigenvalue weighted by molar-refractivity contribution is 6.30. The Balaban J connectivity index is 0.00000441. The highest BCUT2D eigenvalue weighted by Gasteiger charge is 2.50. The number of carbonyl (C=O) groups excluding carboxylic acids is 2. The first kappa shape index (κ1) is 20.7. The number of quaternary nitrogens is 1. The summed E-state index contributed by atoms with van der Waals surface area (Å²) in [4.78, 5) is 24.9. The number of benzene rings is 1. The van der Waals surface area contributed by atoms with E-state index in [0.717, 1.165) is 0 Å². The van der Waals surface area contributed by atoms with Crippen molar-refractivity contribution in [1.82, 2.24) is 0 Å². The van der Waals surface area contributed by atoms with Gasteiger partial charge < -0.3 is 27.6 Å². The van der Waals surface area contributed by atoms with Crippen molar-refractivity contribution in [2.24, 2.45) is 0 Å². The Morgan fingerprint density at radius 1 is 1.09 bits per heavy atom. The molecular formula is C15H21Cl2NO4. The van der Waals surface area contributed by atoms with E-state index in [9.17, 15) is 9.59 Å². The quantitative estimate of drug-likeness (QED) is 0.472. The second-order valence-corrected chi connectivity index (χ2v) is 4.89. The molecule has 0 aromatic heterocycles. The summed E-state index contributed by atoms with van der Waals surface area (Å²) < 4.78 is 10.2. The molecule has 0 aliphatic rings. The van der Waals surface area contributed by atoms with Crippen LogP contribution in [-0.4, -0.2) is 31.7 Å². The van der Waals surface area contributed by atoms with Gasteiger partial charge in [0.25, 0.3) is 0 Å². The zero-order chi connectivity index (χ0) is 15.9. The third-order valence-electron chi connectivity index (χ3n) is 3.14. The van der Waals surface area contributed by atoms with Gasteiger partial charge in [-0.05, 0) is 31.5 Å². The molecule has 1 aromatic carbocycles. The lowest BCUT2D eigenvalue weighted by molar-refractivity contribution is -0.370. The predicted molar refractivity (Wildman–Crippen MR) is 78.8 cm³/mol. The second kappa shape index (κ2) is 9.66. The lowest BCUT2D eigenvalue weighted by atomic mass is 9.77. The van der Waals surface area contributed by atoms with Gasteiger partial charge in [-0.25, -0.2) is 0 Å². The van der Waals surface area contributed by atoms with Crippen molar-refractivity contribution in [2.75, 3.05) is 19.8 Å². The van der Waals surface area contributed by atoms with Gasteiger partial charge in [-0.1, -0.05) is 23.7 Å². The normalized spacial score (nSPS) is 10.5. The fraction of sp³-hybridized carbons (Fsp3) is 0.467. The summed E-state index contributed by atoms with van der Waals surface area (Å²) in [6, 6.07) is 6.55. The zero-order valence-corrected chi connectivity index (χ0v) is 14.2. The summed E-state index contributed by atoms with van der Waals surface area (Å²) in [5.74, 6) is -1.23. The molecule has 0 fully saturated rings. The lowest BCUT2D eigenvalue weighted by Crippen LogP contribution is -3.00. The third kappa shape index (κ3) is 4.35. The third-order valence-corrected chi connectivity index (χ3v) is 3.39. The van der Waals surface area contributed by atoms with E-state index < -0.39 is 17.4 Å². The molecule has 0 bridgehead atoms. The number of carbonyl (C=O) groups is 2. The van der Waals surface area contributed by atoms with Crippen LogP contribution >= 0.6 is 11.6 Å². The molecule has 0 radical (unpaired) electrons. The molecule has 22 heavy (non-hydrogen) atoms. The average Bonchev–Trinajstić information content (AvgIpc) is 2.46. The van der Waals surface area contributed by atoms with Gasteiger partial charge in [-0.15, -0.1) is 0 Å². The monoisotopic (exact) mass is 349 g/mol. The molecule has 7 heteroatoms. The smallest absolute Gasteiger partial charge is 0.328 e. The minimum atomic E-state index is -1.49. The summed E-state index contributed by atoms with van der Waals surface area (Å²) in [6.07, 6.45) is 0.215. The van der Waals surface area contributed by atoms with Gasteiger partial charge in [-0.2, -0.15) is 0 Å². The van der Waals surface area contributed by atoms with Gasteiger partial charge in [0.15, 0.2) is 5.41 Å². The predicted octanol–water partition coefficient (Wildman–Crippen LogP) is -1.66. The van der Waals surface area contributed by atoms with Gasteiger partial charge in [0.1, 0.15) is 0 Å². The molecule has 124 valence electrons. The van der Waals surface area contributed by atoms with Gasteiger partial charge in [0.05, 0.1) is 19.8 Å². The maximum atomic E-state index is 12.5. The van der Waals surface area contributed by atoms with E-state index in [1.54, 1.807) is 38.1 Å². The number of hydrogen-bond donors (Lipinski definition) is 1. The molecule has 0 saturated heterocycles. The van der Waals surface area contributed by atoms with Crippen LogP contribution in [0.2, 0.25) is 5.02 Å². The van der Waals surface area contributed by atoms with E-state index in [-0.39, 0.29) is 32.0 Å². The van der Waals surface area contributed by atoms with E-state index in [1.807, 2.05) is 0 Å². The summed E-state index contributed by atoms with van der Waals surface area (Å²) in [7, 11) is 0. The molecular weight excluding hydrogens is 329 g/mol. The molecule has 0 atom stereocenters. The van der Waals surface area contributed by atoms with Crippen LogP contribution in [0.5, 0.6) is 0 Å². The minimum absolute atomic E-state index is 0. The highest BCUT2D eigenvalue weighted by atomic mass is 35.5. The maximum Gasteiger partial charge on any atom is 0.328 e. The number of ether oxygens (including phenoxy) is 2. The molecule has 5 nitrogen and oxygen atoms in total. The Labute approximate surface area is 141 Å². The van der Waals surface area contributed by atoms with Gasteiger partial charge >= 0.3 is 11.9 Å². The Hall–Kier alpha value is -1.30. The van der Waals surface area contributed by atoms with Crippen molar-refractivity contribution in [3.8, 4) is 0 Å². The number of halogens is 2. The first-order chi connectivity index (χ1) is 10.0. The molecule has 0 aliphatic heterocycles. The van der Waals surface area contributed by atoms with Crippen molar-refractivity contribution in [2.45, 2.75) is 25.7 Å². The van der Waals surface area contributed by atoms with E-state index in [4.69, 9.17) is 21.1 Å². The van der Waals surface area contributed by atoms with Crippen LogP contribution in [0.15, 0.2) is 24.3 Å². The Morgan fingerprint density at radius 3 is 1.91 bits per heavy atom. The standard InChI is InChI=1S/C15H20ClNO4.ClH/c1-3-20-13(18)15(9-10-17,14(19)21-4-2)11-5-7-12(16)8-6-11;/h5-8H,3-4,9-10,17H2,1-2H3;1H. The zero-order valence-electron chi connectivity index (χ0n) is 12.7. The van der Waals surface area contributed by atoms with Gasteiger partial charge in [0, 0.05) is 11.4 Å². The number of hydrogen-bond acceptors (Lipinski definition) is 4. The molecule has 0 aliphatic carbocycles. The van der Waals surface area contributed by atoms with Gasteiger partial charge in [0.2, 0.25) is 0 Å². The SMILES string of the molecule is CCOC(=O)C(CC[NH3+])(C(=O)OCC)c1ccc(Cl)cc1.[Cl-]. The summed E-state index contributed by atoms with van der Waals surface area (Å²) in [6.45, 7) is 4.15. The molecule has 0 saturated carbocycles. The van der Waals surface area contributed by atoms with E-state index in [1.165, 1.54) is 0 Å². The van der Waals surface area contributed by atoms with Crippen molar-refractivity contribution in [3.63, 3.8) is 0 Å². The number of esters is 2. The van der Waals surface area contributed by atoms with Crippen LogP contribution in [0.4, 0.5) is 0 Å². The fourth-order valence-electron chi connectivity index (χ4n) is 2.18. The largest absolute Gasteiger partial charge is 1.00 e. The maximum absolute atomic E-state index is 12.5. The van der Waals surface area contributed by atoms with Crippen molar-refractivity contribution in [1.29, 1.82) is 0 Å². The summed E-state index contributed by atoms with van der Waals surface area (Å²) >= 11 is 5.88. The Bertz CT molecular complexity index is 473. The summed E-state index contributed by atoms with van der Waals surface area (Å²) in [5.41, 5.74) is 2.78. The first-order valence-electron chi connectivity index (χ1n) is 6.92. The fourth-order valence-corrected chi connectivity index (χ4v) is 2.30. The average molecular weight is 350 g/mol. The first-order valence-corrected chi connectivity index (χ1v) is 7.30. The van der Waals surface area contributed by atoms with Crippen LogP contribution in [0, 0.1) is 0 Å². The van der Waals surface area contributed by atoms with Crippen molar-refractivity contribution < 1.29 is 37.2 Å². The molecule has 3 N–H and O–H groups in total. The minimum Gasteiger partial charge on any atom is -1.00 e. The molecule has 1 rings (SSSR count). The molecule has 0 amide bonds. The van der Waals surface area contributed by atoms with Gasteiger partial charge in [-0.3, -0.25) is 9.59 Å². The molecule has 0 spiro atoms. The van der Waals surface area contributed by atoms with Crippen LogP contribution in [0.3, 0.4) is 0 Å². The topological polar surface area (TPSA) is 80.2 Å². The van der Waals surface area contributed by atoms with Crippen molar-refractivity contribution >= 4 is 23.5 Å². The second-order valence-electron chi connectivity index (χ2n) is 4.46. The summed E-state index contributed by atoms with van der Waals surface area (Å²) in [5, 5.41) is 0.523. The van der Waals surface area contributed by atoms with Crippen LogP contribution < -0.4 is 18.1 Å². The van der Waals surface area contributed by atoms with Crippen LogP contribution in [0.25, 0.3) is 0 Å². The molecule has 0 heterocycles. The van der Waals surface area contributed by atoms with E-state index in [2.05, 4.69) is 5.73 Å². The Morgan fingerprint density at radius 2 is 1.55 bits per heavy atom. The van der Waals surface area contributed by atoms with Crippen molar-refractivity contribution in [3.05, 3.63) is 34.9 Å². The molecule has 0 unspecified atom stereocenters.